The Morgan fingerprint density at radius 3 is 2.41 bits per heavy atom. The van der Waals surface area contributed by atoms with Crippen molar-refractivity contribution in [3.63, 3.8) is 0 Å². The van der Waals surface area contributed by atoms with Gasteiger partial charge in [0.1, 0.15) is 21.6 Å². The molecular formula is C27H28FN5O2S2. The van der Waals surface area contributed by atoms with Gasteiger partial charge in [-0.05, 0) is 54.8 Å². The number of piperazine rings is 1. The first kappa shape index (κ1) is 25.4. The number of anilines is 2. The molecule has 2 fully saturated rings. The number of aromatic nitrogens is 2. The number of halogens is 1. The van der Waals surface area contributed by atoms with Crippen molar-refractivity contribution in [2.45, 2.75) is 20.8 Å². The highest BCUT2D eigenvalue weighted by Crippen LogP contribution is 2.34. The molecule has 0 atom stereocenters. The van der Waals surface area contributed by atoms with Crippen molar-refractivity contribution in [3.8, 4) is 0 Å². The third kappa shape index (κ3) is 5.13. The van der Waals surface area contributed by atoms with Gasteiger partial charge >= 0.3 is 0 Å². The van der Waals surface area contributed by atoms with E-state index in [2.05, 4.69) is 9.80 Å². The van der Waals surface area contributed by atoms with E-state index in [0.29, 0.717) is 59.0 Å². The van der Waals surface area contributed by atoms with Crippen LogP contribution in [0.15, 0.2) is 52.3 Å². The predicted octanol–water partition coefficient (Wildman–Crippen LogP) is 4.33. The number of thiocarbonyl (C=S) groups is 1. The molecular weight excluding hydrogens is 509 g/mol. The number of hydrogen-bond donors (Lipinski definition) is 0. The van der Waals surface area contributed by atoms with Gasteiger partial charge in [0.05, 0.1) is 10.5 Å². The second kappa shape index (κ2) is 10.3. The van der Waals surface area contributed by atoms with Gasteiger partial charge in [0, 0.05) is 44.6 Å². The van der Waals surface area contributed by atoms with Crippen LogP contribution in [0.25, 0.3) is 11.7 Å². The van der Waals surface area contributed by atoms with Gasteiger partial charge in [-0.1, -0.05) is 43.9 Å². The third-order valence-electron chi connectivity index (χ3n) is 6.45. The Hall–Kier alpha value is -3.24. The fourth-order valence-corrected chi connectivity index (χ4v) is 5.85. The number of rotatable bonds is 5. The first-order chi connectivity index (χ1) is 17.7. The first-order valence-corrected chi connectivity index (χ1v) is 13.5. The second-order valence-corrected chi connectivity index (χ2v) is 11.4. The minimum Gasteiger partial charge on any atom is -0.368 e. The molecule has 0 bridgehead atoms. The van der Waals surface area contributed by atoms with Gasteiger partial charge in [-0.3, -0.25) is 18.9 Å². The minimum atomic E-state index is -0.262. The summed E-state index contributed by atoms with van der Waals surface area (Å²) < 4.78 is 15.4. The van der Waals surface area contributed by atoms with Crippen LogP contribution in [0.3, 0.4) is 0 Å². The zero-order valence-corrected chi connectivity index (χ0v) is 22.6. The fraction of sp³-hybridized carbons (Fsp3) is 0.333. The number of carbonyl (C=O) groups excluding carboxylic acids is 1. The van der Waals surface area contributed by atoms with Crippen LogP contribution in [-0.2, 0) is 4.79 Å². The molecule has 0 N–H and O–H groups in total. The van der Waals surface area contributed by atoms with Crippen molar-refractivity contribution >= 4 is 57.4 Å². The molecule has 2 saturated heterocycles. The molecule has 5 rings (SSSR count). The Morgan fingerprint density at radius 2 is 1.73 bits per heavy atom. The Morgan fingerprint density at radius 1 is 1.05 bits per heavy atom. The lowest BCUT2D eigenvalue weighted by atomic mass is 10.2. The van der Waals surface area contributed by atoms with Crippen LogP contribution >= 0.6 is 24.0 Å². The summed E-state index contributed by atoms with van der Waals surface area (Å²) in [5.41, 5.74) is 2.60. The SMILES string of the molecule is Cc1ccc2nc(N3CCN(c4ccc(F)cc4)CC3)c(/C=C3\SC(=S)N(CC(C)C)C3=O)c(=O)n2c1. The zero-order chi connectivity index (χ0) is 26.3. The lowest BCUT2D eigenvalue weighted by Gasteiger charge is -2.37. The van der Waals surface area contributed by atoms with Crippen LogP contribution in [0.5, 0.6) is 0 Å². The predicted molar refractivity (Wildman–Crippen MR) is 152 cm³/mol. The van der Waals surface area contributed by atoms with E-state index in [1.54, 1.807) is 29.3 Å². The van der Waals surface area contributed by atoms with E-state index >= 15 is 0 Å². The summed E-state index contributed by atoms with van der Waals surface area (Å²) in [5, 5.41) is 0. The second-order valence-electron chi connectivity index (χ2n) is 9.73. The lowest BCUT2D eigenvalue weighted by Crippen LogP contribution is -2.47. The molecule has 2 aliphatic rings. The standard InChI is InChI=1S/C27H28FN5O2S2/c1-17(2)15-33-26(35)22(37-27(33)36)14-21-24(29-23-9-4-18(3)16-32(23)25(21)34)31-12-10-30(11-13-31)20-7-5-19(28)6-8-20/h4-9,14,16-17H,10-13,15H2,1-3H3/b22-14-. The summed E-state index contributed by atoms with van der Waals surface area (Å²) in [6, 6.07) is 10.2. The third-order valence-corrected chi connectivity index (χ3v) is 7.83. The molecule has 0 unspecified atom stereocenters. The molecule has 0 spiro atoms. The molecule has 4 heterocycles. The van der Waals surface area contributed by atoms with Crippen molar-refractivity contribution < 1.29 is 9.18 Å². The summed E-state index contributed by atoms with van der Waals surface area (Å²) in [6.07, 6.45) is 3.42. The molecule has 2 aromatic heterocycles. The number of aryl methyl sites for hydroxylation is 1. The van der Waals surface area contributed by atoms with Gasteiger partial charge in [0.2, 0.25) is 0 Å². The Balaban J connectivity index is 1.52. The monoisotopic (exact) mass is 537 g/mol. The molecule has 0 aliphatic carbocycles. The average Bonchev–Trinajstić information content (AvgIpc) is 3.13. The highest BCUT2D eigenvalue weighted by atomic mass is 32.2. The maximum Gasteiger partial charge on any atom is 0.267 e. The van der Waals surface area contributed by atoms with Gasteiger partial charge in [0.25, 0.3) is 11.5 Å². The number of hydrogen-bond acceptors (Lipinski definition) is 7. The topological polar surface area (TPSA) is 61.2 Å². The molecule has 1 aromatic carbocycles. The van der Waals surface area contributed by atoms with Crippen molar-refractivity contribution in [1.82, 2.24) is 14.3 Å². The summed E-state index contributed by atoms with van der Waals surface area (Å²) in [6.45, 7) is 9.16. The van der Waals surface area contributed by atoms with Crippen LogP contribution < -0.4 is 15.4 Å². The number of carbonyl (C=O) groups is 1. The van der Waals surface area contributed by atoms with Gasteiger partial charge in [-0.2, -0.15) is 0 Å². The van der Waals surface area contributed by atoms with E-state index in [-0.39, 0.29) is 23.2 Å². The van der Waals surface area contributed by atoms with Crippen molar-refractivity contribution in [2.75, 3.05) is 42.5 Å². The van der Waals surface area contributed by atoms with E-state index < -0.39 is 0 Å². The van der Waals surface area contributed by atoms with E-state index in [1.807, 2.05) is 32.9 Å². The number of fused-ring (bicyclic) bond motifs is 1. The molecule has 1 amide bonds. The Bertz CT molecular complexity index is 1460. The van der Waals surface area contributed by atoms with E-state index in [4.69, 9.17) is 17.2 Å². The highest BCUT2D eigenvalue weighted by molar-refractivity contribution is 8.26. The van der Waals surface area contributed by atoms with Crippen LogP contribution in [0.1, 0.15) is 25.0 Å². The molecule has 192 valence electrons. The van der Waals surface area contributed by atoms with Crippen molar-refractivity contribution in [2.24, 2.45) is 5.92 Å². The highest BCUT2D eigenvalue weighted by Gasteiger charge is 2.33. The average molecular weight is 538 g/mol. The van der Waals surface area contributed by atoms with Crippen LogP contribution in [0, 0.1) is 18.7 Å². The van der Waals surface area contributed by atoms with Crippen molar-refractivity contribution in [3.05, 3.63) is 74.8 Å². The molecule has 0 saturated carbocycles. The lowest BCUT2D eigenvalue weighted by molar-refractivity contribution is -0.122. The molecule has 7 nitrogen and oxygen atoms in total. The van der Waals surface area contributed by atoms with E-state index in [0.717, 1.165) is 11.3 Å². The van der Waals surface area contributed by atoms with Crippen LogP contribution in [0.4, 0.5) is 15.9 Å². The minimum absolute atomic E-state index is 0.176. The molecule has 37 heavy (non-hydrogen) atoms. The summed E-state index contributed by atoms with van der Waals surface area (Å²) in [7, 11) is 0. The van der Waals surface area contributed by atoms with Gasteiger partial charge in [-0.25, -0.2) is 9.37 Å². The fourth-order valence-electron chi connectivity index (χ4n) is 4.60. The number of benzene rings is 1. The molecule has 3 aromatic rings. The van der Waals surface area contributed by atoms with Gasteiger partial charge in [0.15, 0.2) is 0 Å². The number of thioether (sulfide) groups is 1. The number of nitrogens with zero attached hydrogens (tertiary/aromatic N) is 5. The largest absolute Gasteiger partial charge is 0.368 e. The molecule has 2 aliphatic heterocycles. The van der Waals surface area contributed by atoms with Crippen LogP contribution in [-0.4, -0.2) is 57.2 Å². The summed E-state index contributed by atoms with van der Waals surface area (Å²) in [5.74, 6) is 0.388. The molecule has 0 radical (unpaired) electrons. The smallest absolute Gasteiger partial charge is 0.267 e. The maximum absolute atomic E-state index is 13.7. The quantitative estimate of drug-likeness (QED) is 0.355. The van der Waals surface area contributed by atoms with Crippen molar-refractivity contribution in [1.29, 1.82) is 0 Å². The van der Waals surface area contributed by atoms with Gasteiger partial charge in [-0.15, -0.1) is 0 Å². The Kier molecular flexibility index (Phi) is 7.04. The van der Waals surface area contributed by atoms with E-state index in [1.165, 1.54) is 28.3 Å². The normalized spacial score (nSPS) is 17.6. The number of pyridine rings is 1. The zero-order valence-electron chi connectivity index (χ0n) is 21.0. The van der Waals surface area contributed by atoms with Crippen LogP contribution in [0.2, 0.25) is 0 Å². The summed E-state index contributed by atoms with van der Waals surface area (Å²) in [4.78, 5) is 38.1. The Labute approximate surface area is 224 Å². The maximum atomic E-state index is 13.7. The van der Waals surface area contributed by atoms with E-state index in [9.17, 15) is 14.0 Å². The molecule has 10 heteroatoms. The number of amides is 1. The van der Waals surface area contributed by atoms with Gasteiger partial charge < -0.3 is 9.80 Å². The summed E-state index contributed by atoms with van der Waals surface area (Å²) >= 11 is 6.70. The first-order valence-electron chi connectivity index (χ1n) is 12.2.